The van der Waals surface area contributed by atoms with Crippen molar-refractivity contribution in [1.29, 1.82) is 0 Å². The Morgan fingerprint density at radius 1 is 1.56 bits per heavy atom. The van der Waals surface area contributed by atoms with Gasteiger partial charge in [-0.25, -0.2) is 4.79 Å². The van der Waals surface area contributed by atoms with Crippen molar-refractivity contribution in [2.45, 2.75) is 6.92 Å². The SMILES string of the molecule is COC(=O)/C(C)=C/CNc1cccc(I)c1. The van der Waals surface area contributed by atoms with E-state index in [1.54, 1.807) is 6.92 Å². The Morgan fingerprint density at radius 3 is 2.94 bits per heavy atom. The number of esters is 1. The zero-order valence-corrected chi connectivity index (χ0v) is 11.4. The largest absolute Gasteiger partial charge is 0.466 e. The molecular formula is C12H14INO2. The van der Waals surface area contributed by atoms with E-state index in [0.29, 0.717) is 12.1 Å². The summed E-state index contributed by atoms with van der Waals surface area (Å²) in [5, 5.41) is 3.21. The molecular weight excluding hydrogens is 317 g/mol. The Bertz CT molecular complexity index is 402. The molecule has 0 amide bonds. The van der Waals surface area contributed by atoms with Gasteiger partial charge in [0, 0.05) is 21.4 Å². The predicted molar refractivity (Wildman–Crippen MR) is 73.4 cm³/mol. The predicted octanol–water partition coefficient (Wildman–Crippen LogP) is 2.82. The molecule has 1 aromatic carbocycles. The quantitative estimate of drug-likeness (QED) is 0.524. The molecule has 0 fully saturated rings. The minimum absolute atomic E-state index is 0.288. The number of methoxy groups -OCH3 is 1. The molecule has 0 unspecified atom stereocenters. The second-order valence-corrected chi connectivity index (χ2v) is 4.52. The summed E-state index contributed by atoms with van der Waals surface area (Å²) in [7, 11) is 1.38. The van der Waals surface area contributed by atoms with Gasteiger partial charge in [-0.05, 0) is 47.7 Å². The van der Waals surface area contributed by atoms with Crippen molar-refractivity contribution < 1.29 is 9.53 Å². The van der Waals surface area contributed by atoms with Crippen LogP contribution in [0.5, 0.6) is 0 Å². The summed E-state index contributed by atoms with van der Waals surface area (Å²) >= 11 is 2.26. The molecule has 0 aliphatic carbocycles. The van der Waals surface area contributed by atoms with Crippen molar-refractivity contribution >= 4 is 34.2 Å². The highest BCUT2D eigenvalue weighted by Crippen LogP contribution is 2.12. The van der Waals surface area contributed by atoms with Crippen LogP contribution in [0, 0.1) is 3.57 Å². The highest BCUT2D eigenvalue weighted by molar-refractivity contribution is 14.1. The second-order valence-electron chi connectivity index (χ2n) is 3.27. The van der Waals surface area contributed by atoms with Gasteiger partial charge in [0.15, 0.2) is 0 Å². The second kappa shape index (κ2) is 6.52. The standard InChI is InChI=1S/C12H14INO2/c1-9(12(15)16-2)6-7-14-11-5-3-4-10(13)8-11/h3-6,8,14H,7H2,1-2H3/b9-6+. The first-order chi connectivity index (χ1) is 7.63. The molecule has 1 aromatic rings. The summed E-state index contributed by atoms with van der Waals surface area (Å²) in [6.45, 7) is 2.35. The number of carbonyl (C=O) groups excluding carboxylic acids is 1. The van der Waals surface area contributed by atoms with Crippen LogP contribution in [0.3, 0.4) is 0 Å². The van der Waals surface area contributed by atoms with Gasteiger partial charge in [-0.2, -0.15) is 0 Å². The Balaban J connectivity index is 2.50. The molecule has 4 heteroatoms. The van der Waals surface area contributed by atoms with Crippen LogP contribution in [0.2, 0.25) is 0 Å². The molecule has 1 N–H and O–H groups in total. The van der Waals surface area contributed by atoms with E-state index in [-0.39, 0.29) is 5.97 Å². The Morgan fingerprint density at radius 2 is 2.31 bits per heavy atom. The first-order valence-corrected chi connectivity index (χ1v) is 5.96. The minimum Gasteiger partial charge on any atom is -0.466 e. The lowest BCUT2D eigenvalue weighted by Gasteiger charge is -2.04. The number of halogens is 1. The van der Waals surface area contributed by atoms with Gasteiger partial charge in [0.2, 0.25) is 0 Å². The highest BCUT2D eigenvalue weighted by atomic mass is 127. The van der Waals surface area contributed by atoms with Gasteiger partial charge in [0.1, 0.15) is 0 Å². The summed E-state index contributed by atoms with van der Waals surface area (Å²) in [5.41, 5.74) is 1.65. The fourth-order valence-electron chi connectivity index (χ4n) is 1.16. The van der Waals surface area contributed by atoms with Crippen LogP contribution in [0.25, 0.3) is 0 Å². The van der Waals surface area contributed by atoms with Crippen molar-refractivity contribution in [3.05, 3.63) is 39.5 Å². The van der Waals surface area contributed by atoms with Crippen LogP contribution in [-0.2, 0) is 9.53 Å². The summed E-state index contributed by atoms with van der Waals surface area (Å²) < 4.78 is 5.77. The molecule has 0 radical (unpaired) electrons. The summed E-state index contributed by atoms with van der Waals surface area (Å²) in [5.74, 6) is -0.288. The molecule has 0 aromatic heterocycles. The molecule has 0 aliphatic heterocycles. The van der Waals surface area contributed by atoms with E-state index < -0.39 is 0 Å². The van der Waals surface area contributed by atoms with Crippen LogP contribution in [-0.4, -0.2) is 19.6 Å². The number of nitrogens with one attached hydrogen (secondary N) is 1. The normalized spacial score (nSPS) is 11.1. The zero-order valence-electron chi connectivity index (χ0n) is 9.29. The van der Waals surface area contributed by atoms with Crippen LogP contribution < -0.4 is 5.32 Å². The van der Waals surface area contributed by atoms with Gasteiger partial charge in [-0.15, -0.1) is 0 Å². The molecule has 86 valence electrons. The molecule has 0 spiro atoms. The van der Waals surface area contributed by atoms with Crippen molar-refractivity contribution in [2.75, 3.05) is 19.0 Å². The van der Waals surface area contributed by atoms with Crippen molar-refractivity contribution in [3.8, 4) is 0 Å². The Kier molecular flexibility index (Phi) is 5.31. The summed E-state index contributed by atoms with van der Waals surface area (Å²) in [6.07, 6.45) is 1.81. The summed E-state index contributed by atoms with van der Waals surface area (Å²) in [4.78, 5) is 11.1. The van der Waals surface area contributed by atoms with Gasteiger partial charge in [-0.1, -0.05) is 12.1 Å². The third-order valence-corrected chi connectivity index (χ3v) is 2.72. The fraction of sp³-hybridized carbons (Fsp3) is 0.250. The summed E-state index contributed by atoms with van der Waals surface area (Å²) in [6, 6.07) is 8.05. The number of ether oxygens (including phenoxy) is 1. The fourth-order valence-corrected chi connectivity index (χ4v) is 1.71. The van der Waals surface area contributed by atoms with E-state index >= 15 is 0 Å². The van der Waals surface area contributed by atoms with Crippen LogP contribution in [0.1, 0.15) is 6.92 Å². The molecule has 0 saturated carbocycles. The van der Waals surface area contributed by atoms with E-state index in [1.807, 2.05) is 30.3 Å². The maximum atomic E-state index is 11.1. The van der Waals surface area contributed by atoms with Crippen LogP contribution in [0.4, 0.5) is 5.69 Å². The third-order valence-electron chi connectivity index (χ3n) is 2.05. The number of carbonyl (C=O) groups is 1. The number of anilines is 1. The number of hydrogen-bond donors (Lipinski definition) is 1. The molecule has 3 nitrogen and oxygen atoms in total. The zero-order chi connectivity index (χ0) is 12.0. The monoisotopic (exact) mass is 331 g/mol. The first kappa shape index (κ1) is 13.0. The third kappa shape index (κ3) is 4.22. The van der Waals surface area contributed by atoms with E-state index in [2.05, 4.69) is 32.6 Å². The molecule has 0 bridgehead atoms. The molecule has 0 aliphatic rings. The lowest BCUT2D eigenvalue weighted by molar-refractivity contribution is -0.136. The van der Waals surface area contributed by atoms with Crippen LogP contribution >= 0.6 is 22.6 Å². The smallest absolute Gasteiger partial charge is 0.333 e. The lowest BCUT2D eigenvalue weighted by Crippen LogP contribution is -2.05. The minimum atomic E-state index is -0.288. The Labute approximate surface area is 109 Å². The number of benzene rings is 1. The van der Waals surface area contributed by atoms with Crippen molar-refractivity contribution in [3.63, 3.8) is 0 Å². The maximum absolute atomic E-state index is 11.1. The average molecular weight is 331 g/mol. The van der Waals surface area contributed by atoms with Crippen LogP contribution in [0.15, 0.2) is 35.9 Å². The topological polar surface area (TPSA) is 38.3 Å². The van der Waals surface area contributed by atoms with Gasteiger partial charge in [-0.3, -0.25) is 0 Å². The van der Waals surface area contributed by atoms with Gasteiger partial charge >= 0.3 is 5.97 Å². The van der Waals surface area contributed by atoms with E-state index in [0.717, 1.165) is 5.69 Å². The van der Waals surface area contributed by atoms with E-state index in [9.17, 15) is 4.79 Å². The van der Waals surface area contributed by atoms with E-state index in [1.165, 1.54) is 10.7 Å². The number of rotatable bonds is 4. The van der Waals surface area contributed by atoms with Crippen molar-refractivity contribution in [2.24, 2.45) is 0 Å². The Hall–Kier alpha value is -1.04. The van der Waals surface area contributed by atoms with Crippen molar-refractivity contribution in [1.82, 2.24) is 0 Å². The van der Waals surface area contributed by atoms with E-state index in [4.69, 9.17) is 0 Å². The lowest BCUT2D eigenvalue weighted by atomic mass is 10.2. The van der Waals surface area contributed by atoms with Gasteiger partial charge < -0.3 is 10.1 Å². The molecule has 16 heavy (non-hydrogen) atoms. The molecule has 1 rings (SSSR count). The maximum Gasteiger partial charge on any atom is 0.333 e. The molecule has 0 saturated heterocycles. The average Bonchev–Trinajstić information content (AvgIpc) is 2.28. The highest BCUT2D eigenvalue weighted by Gasteiger charge is 2.01. The van der Waals surface area contributed by atoms with Gasteiger partial charge in [0.25, 0.3) is 0 Å². The number of hydrogen-bond acceptors (Lipinski definition) is 3. The van der Waals surface area contributed by atoms with Gasteiger partial charge in [0.05, 0.1) is 7.11 Å². The molecule has 0 heterocycles. The first-order valence-electron chi connectivity index (χ1n) is 4.88. The molecule has 0 atom stereocenters.